The van der Waals surface area contributed by atoms with Gasteiger partial charge in [0.15, 0.2) is 0 Å². The first-order valence-corrected chi connectivity index (χ1v) is 14.1. The lowest BCUT2D eigenvalue weighted by Gasteiger charge is -2.34. The van der Waals surface area contributed by atoms with E-state index in [0.29, 0.717) is 50.5 Å². The van der Waals surface area contributed by atoms with E-state index < -0.39 is 34.3 Å². The minimum absolute atomic E-state index is 0.231. The van der Waals surface area contributed by atoms with Gasteiger partial charge in [-0.25, -0.2) is 9.78 Å². The van der Waals surface area contributed by atoms with Gasteiger partial charge in [-0.15, -0.1) is 0 Å². The minimum atomic E-state index is -1.48. The SMILES string of the molecule is COc1ccc(-c2cnc3c(c2)c(O)c(C(=O)NC2(C(=O)O)CCCCC2)c(=O)n3CCN2CCCOCC2)cc1. The number of nitrogens with zero attached hydrogens (tertiary/aromatic N) is 3. The lowest BCUT2D eigenvalue weighted by Crippen LogP contribution is -2.56. The summed E-state index contributed by atoms with van der Waals surface area (Å²) in [4.78, 5) is 46.5. The molecule has 0 atom stereocenters. The second kappa shape index (κ2) is 12.3. The fraction of sp³-hybridized carbons (Fsp3) is 0.467. The number of hydrogen-bond donors (Lipinski definition) is 3. The number of carbonyl (C=O) groups is 2. The van der Waals surface area contributed by atoms with E-state index in [1.807, 2.05) is 12.1 Å². The van der Waals surface area contributed by atoms with Crippen molar-refractivity contribution in [1.82, 2.24) is 19.8 Å². The van der Waals surface area contributed by atoms with Crippen LogP contribution in [0.25, 0.3) is 22.2 Å². The van der Waals surface area contributed by atoms with Crippen molar-refractivity contribution in [2.75, 3.05) is 40.0 Å². The van der Waals surface area contributed by atoms with Gasteiger partial charge in [0.05, 0.1) is 19.1 Å². The van der Waals surface area contributed by atoms with Crippen LogP contribution in [0.4, 0.5) is 0 Å². The van der Waals surface area contributed by atoms with Gasteiger partial charge in [0.25, 0.3) is 11.5 Å². The molecule has 1 amide bonds. The maximum Gasteiger partial charge on any atom is 0.329 e. The number of fused-ring (bicyclic) bond motifs is 1. The van der Waals surface area contributed by atoms with Crippen LogP contribution >= 0.6 is 0 Å². The van der Waals surface area contributed by atoms with E-state index in [9.17, 15) is 24.6 Å². The molecule has 1 saturated carbocycles. The molecule has 218 valence electrons. The summed E-state index contributed by atoms with van der Waals surface area (Å²) in [6.45, 7) is 3.56. The van der Waals surface area contributed by atoms with E-state index >= 15 is 0 Å². The number of pyridine rings is 2. The van der Waals surface area contributed by atoms with Crippen LogP contribution in [0.15, 0.2) is 41.3 Å². The Morgan fingerprint density at radius 3 is 2.51 bits per heavy atom. The molecule has 0 unspecified atom stereocenters. The van der Waals surface area contributed by atoms with Gasteiger partial charge in [-0.2, -0.15) is 0 Å². The zero-order valence-electron chi connectivity index (χ0n) is 23.2. The Morgan fingerprint density at radius 1 is 1.05 bits per heavy atom. The van der Waals surface area contributed by atoms with Gasteiger partial charge < -0.3 is 25.0 Å². The second-order valence-electron chi connectivity index (χ2n) is 10.7. The van der Waals surface area contributed by atoms with Crippen LogP contribution in [0.1, 0.15) is 48.9 Å². The molecule has 3 N–H and O–H groups in total. The third kappa shape index (κ3) is 5.91. The average molecular weight is 565 g/mol. The van der Waals surface area contributed by atoms with E-state index in [0.717, 1.165) is 24.9 Å². The quantitative estimate of drug-likeness (QED) is 0.376. The Bertz CT molecular complexity index is 1470. The number of hydrogen-bond acceptors (Lipinski definition) is 8. The normalized spacial score (nSPS) is 17.6. The summed E-state index contributed by atoms with van der Waals surface area (Å²) in [6, 6.07) is 9.01. The molecule has 1 aromatic carbocycles. The highest BCUT2D eigenvalue weighted by molar-refractivity contribution is 6.04. The monoisotopic (exact) mass is 564 g/mol. The van der Waals surface area contributed by atoms with Gasteiger partial charge in [0.1, 0.15) is 28.2 Å². The second-order valence-corrected chi connectivity index (χ2v) is 10.7. The molecule has 2 aromatic heterocycles. The Balaban J connectivity index is 1.59. The Kier molecular flexibility index (Phi) is 8.55. The molecule has 1 aliphatic heterocycles. The lowest BCUT2D eigenvalue weighted by molar-refractivity contribution is -0.145. The van der Waals surface area contributed by atoms with Crippen molar-refractivity contribution >= 4 is 22.9 Å². The van der Waals surface area contributed by atoms with Gasteiger partial charge in [0, 0.05) is 44.5 Å². The predicted octanol–water partition coefficient (Wildman–Crippen LogP) is 3.02. The smallest absolute Gasteiger partial charge is 0.329 e. The van der Waals surface area contributed by atoms with Crippen molar-refractivity contribution in [1.29, 1.82) is 0 Å². The number of aromatic nitrogens is 2. The summed E-state index contributed by atoms with van der Waals surface area (Å²) < 4.78 is 12.2. The summed E-state index contributed by atoms with van der Waals surface area (Å²) in [5, 5.41) is 24.2. The third-order valence-corrected chi connectivity index (χ3v) is 8.15. The molecule has 1 saturated heterocycles. The van der Waals surface area contributed by atoms with Gasteiger partial charge in [0.2, 0.25) is 0 Å². The number of benzene rings is 1. The standard InChI is InChI=1S/C30H36N4O7/c1-40-22-8-6-20(7-9-22)21-18-23-25(35)24(27(36)32-30(29(38)39)10-3-2-4-11-30)28(37)34(26(23)31-19-21)14-13-33-12-5-16-41-17-15-33/h6-9,18-19,35H,2-5,10-17H2,1H3,(H,32,36)(H,38,39). The van der Waals surface area contributed by atoms with Gasteiger partial charge >= 0.3 is 5.97 Å². The number of nitrogens with one attached hydrogen (secondary N) is 1. The molecule has 3 heterocycles. The fourth-order valence-electron chi connectivity index (χ4n) is 5.76. The van der Waals surface area contributed by atoms with Crippen molar-refractivity contribution in [3.63, 3.8) is 0 Å². The maximum atomic E-state index is 13.8. The molecule has 2 fully saturated rings. The zero-order valence-corrected chi connectivity index (χ0v) is 23.2. The molecule has 0 bridgehead atoms. The number of amides is 1. The summed E-state index contributed by atoms with van der Waals surface area (Å²) in [6.07, 6.45) is 5.19. The molecule has 5 rings (SSSR count). The molecular weight excluding hydrogens is 528 g/mol. The van der Waals surface area contributed by atoms with Crippen molar-refractivity contribution in [2.45, 2.75) is 50.6 Å². The highest BCUT2D eigenvalue weighted by Gasteiger charge is 2.42. The highest BCUT2D eigenvalue weighted by Crippen LogP contribution is 2.32. The Labute approximate surface area is 237 Å². The van der Waals surface area contributed by atoms with Crippen LogP contribution in [0, 0.1) is 0 Å². The van der Waals surface area contributed by atoms with Crippen LogP contribution in [-0.4, -0.2) is 82.0 Å². The van der Waals surface area contributed by atoms with Crippen molar-refractivity contribution in [3.8, 4) is 22.6 Å². The molecular formula is C30H36N4O7. The molecule has 1 aliphatic carbocycles. The lowest BCUT2D eigenvalue weighted by atomic mass is 9.81. The fourth-order valence-corrected chi connectivity index (χ4v) is 5.76. The van der Waals surface area contributed by atoms with Crippen LogP contribution < -0.4 is 15.6 Å². The topological polar surface area (TPSA) is 143 Å². The van der Waals surface area contributed by atoms with Crippen molar-refractivity contribution in [2.24, 2.45) is 0 Å². The van der Waals surface area contributed by atoms with E-state index in [2.05, 4.69) is 15.2 Å². The van der Waals surface area contributed by atoms with Gasteiger partial charge in [-0.1, -0.05) is 31.4 Å². The first kappa shape index (κ1) is 28.6. The van der Waals surface area contributed by atoms with E-state index in [-0.39, 0.29) is 30.4 Å². The molecule has 11 nitrogen and oxygen atoms in total. The van der Waals surface area contributed by atoms with Gasteiger partial charge in [-0.05, 0) is 43.0 Å². The maximum absolute atomic E-state index is 13.8. The van der Waals surface area contributed by atoms with Crippen molar-refractivity contribution in [3.05, 3.63) is 52.4 Å². The van der Waals surface area contributed by atoms with Crippen LogP contribution in [0.2, 0.25) is 0 Å². The first-order chi connectivity index (χ1) is 19.8. The molecule has 11 heteroatoms. The highest BCUT2D eigenvalue weighted by atomic mass is 16.5. The average Bonchev–Trinajstić information content (AvgIpc) is 3.26. The number of methoxy groups -OCH3 is 1. The number of carboxylic acid groups (broad SMARTS) is 1. The van der Waals surface area contributed by atoms with Crippen LogP contribution in [0.3, 0.4) is 0 Å². The summed E-state index contributed by atoms with van der Waals surface area (Å²) in [7, 11) is 1.58. The summed E-state index contributed by atoms with van der Waals surface area (Å²) in [5.41, 5.74) is -0.941. The van der Waals surface area contributed by atoms with Crippen LogP contribution in [-0.2, 0) is 16.1 Å². The largest absolute Gasteiger partial charge is 0.506 e. The van der Waals surface area contributed by atoms with Crippen molar-refractivity contribution < 1.29 is 29.3 Å². The van der Waals surface area contributed by atoms with E-state index in [1.165, 1.54) is 4.57 Å². The van der Waals surface area contributed by atoms with E-state index in [1.54, 1.807) is 31.5 Å². The minimum Gasteiger partial charge on any atom is -0.506 e. The Hall–Kier alpha value is -3.96. The number of aliphatic carboxylic acids is 1. The molecule has 0 radical (unpaired) electrons. The number of aromatic hydroxyl groups is 1. The third-order valence-electron chi connectivity index (χ3n) is 8.15. The number of carbonyl (C=O) groups excluding carboxylic acids is 1. The summed E-state index contributed by atoms with van der Waals surface area (Å²) >= 11 is 0. The molecule has 0 spiro atoms. The van der Waals surface area contributed by atoms with Gasteiger partial charge in [-0.3, -0.25) is 19.1 Å². The molecule has 3 aromatic rings. The number of carboxylic acids is 1. The molecule has 2 aliphatic rings. The number of rotatable bonds is 8. The number of ether oxygens (including phenoxy) is 2. The van der Waals surface area contributed by atoms with Crippen LogP contribution in [0.5, 0.6) is 11.5 Å². The zero-order chi connectivity index (χ0) is 29.0. The first-order valence-electron chi connectivity index (χ1n) is 14.1. The Morgan fingerprint density at radius 2 is 1.80 bits per heavy atom. The predicted molar refractivity (Wildman–Crippen MR) is 152 cm³/mol. The molecule has 41 heavy (non-hydrogen) atoms. The van der Waals surface area contributed by atoms with E-state index in [4.69, 9.17) is 9.47 Å². The summed E-state index contributed by atoms with van der Waals surface area (Å²) in [5.74, 6) is -1.86.